The number of phosphoric ester groups is 1. The third-order valence-electron chi connectivity index (χ3n) is 5.89. The number of hydrogen-bond donors (Lipinski definition) is 1. The largest absolute Gasteiger partial charge is 0.472 e. The zero-order valence-electron chi connectivity index (χ0n) is 22.2. The topological polar surface area (TPSA) is 135 Å². The van der Waals surface area contributed by atoms with Gasteiger partial charge in [0, 0.05) is 4.91 Å². The Hall–Kier alpha value is -3.78. The van der Waals surface area contributed by atoms with E-state index in [4.69, 9.17) is 15.5 Å². The van der Waals surface area contributed by atoms with Crippen LogP contribution in [0.25, 0.3) is 10.4 Å². The van der Waals surface area contributed by atoms with Crippen LogP contribution in [0.15, 0.2) is 102 Å². The summed E-state index contributed by atoms with van der Waals surface area (Å²) in [6.07, 6.45) is 2.36. The first kappa shape index (κ1) is 29.8. The predicted octanol–water partition coefficient (Wildman–Crippen LogP) is 7.04. The molecule has 1 aromatic heterocycles. The molecule has 0 aliphatic heterocycles. The lowest BCUT2D eigenvalue weighted by Gasteiger charge is -2.35. The van der Waals surface area contributed by atoms with Crippen LogP contribution in [0.4, 0.5) is 0 Å². The number of hydrogen-bond acceptors (Lipinski definition) is 6. The highest BCUT2D eigenvalue weighted by Crippen LogP contribution is 2.42. The maximum absolute atomic E-state index is 10.5. The zero-order valence-corrected chi connectivity index (χ0v) is 23.1. The summed E-state index contributed by atoms with van der Waals surface area (Å²) in [6, 6.07) is 30.4. The number of rotatable bonds is 11. The van der Waals surface area contributed by atoms with Gasteiger partial charge < -0.3 is 4.89 Å². The van der Waals surface area contributed by atoms with Crippen molar-refractivity contribution >= 4 is 7.82 Å². The maximum atomic E-state index is 10.5. The molecule has 1 heterocycles. The second-order valence-corrected chi connectivity index (χ2v) is 9.74. The van der Waals surface area contributed by atoms with Crippen LogP contribution in [-0.4, -0.2) is 32.9 Å². The summed E-state index contributed by atoms with van der Waals surface area (Å²) in [4.78, 5) is 16.1. The summed E-state index contributed by atoms with van der Waals surface area (Å²) in [5.41, 5.74) is 11.4. The van der Waals surface area contributed by atoms with Crippen LogP contribution in [0.1, 0.15) is 55.7 Å². The van der Waals surface area contributed by atoms with Crippen molar-refractivity contribution in [3.63, 3.8) is 0 Å². The molecule has 3 aromatic carbocycles. The Kier molecular flexibility index (Phi) is 11.0. The van der Waals surface area contributed by atoms with Crippen LogP contribution in [0.5, 0.6) is 0 Å². The van der Waals surface area contributed by atoms with E-state index in [9.17, 15) is 4.57 Å². The minimum Gasteiger partial charge on any atom is -0.302 e. The van der Waals surface area contributed by atoms with Crippen LogP contribution < -0.4 is 0 Å². The summed E-state index contributed by atoms with van der Waals surface area (Å²) < 4.78 is 21.1. The first-order valence-corrected chi connectivity index (χ1v) is 14.2. The smallest absolute Gasteiger partial charge is 0.302 e. The van der Waals surface area contributed by atoms with E-state index >= 15 is 0 Å². The van der Waals surface area contributed by atoms with Gasteiger partial charge in [0.15, 0.2) is 5.82 Å². The second-order valence-electron chi connectivity index (χ2n) is 8.29. The molecule has 0 radical (unpaired) electrons. The van der Waals surface area contributed by atoms with Crippen molar-refractivity contribution in [2.75, 3.05) is 13.2 Å². The molecule has 0 amide bonds. The van der Waals surface area contributed by atoms with Gasteiger partial charge in [0.2, 0.25) is 0 Å². The monoisotopic (exact) mass is 548 g/mol. The van der Waals surface area contributed by atoms with Crippen molar-refractivity contribution in [2.45, 2.75) is 38.8 Å². The van der Waals surface area contributed by atoms with Gasteiger partial charge in [0.25, 0.3) is 0 Å². The van der Waals surface area contributed by atoms with Gasteiger partial charge >= 0.3 is 7.82 Å². The van der Waals surface area contributed by atoms with E-state index in [-0.39, 0.29) is 13.2 Å². The molecule has 39 heavy (non-hydrogen) atoms. The average molecular weight is 549 g/mol. The molecule has 0 fully saturated rings. The molecular formula is C28H33N6O4P. The maximum Gasteiger partial charge on any atom is 0.472 e. The standard InChI is InChI=1S/C24H22N6.C4H11O4P/c1-2-22(27-29-25)23-26-18-30(28-23)24(19-12-6-3-7-13-19,20-14-8-4-9-15-20)21-16-10-5-11-17-21;1-3-7-9(5,6)8-4-2/h3-18,22H,2H2,1H3;3-4H2,1-2H3,(H,5,6). The first-order valence-electron chi connectivity index (χ1n) is 12.7. The molecule has 204 valence electrons. The van der Waals surface area contributed by atoms with Crippen molar-refractivity contribution in [1.82, 2.24) is 14.8 Å². The zero-order chi connectivity index (χ0) is 28.1. The summed E-state index contributed by atoms with van der Waals surface area (Å²) in [6.45, 7) is 5.59. The molecule has 1 N–H and O–H groups in total. The van der Waals surface area contributed by atoms with E-state index in [0.29, 0.717) is 12.2 Å². The quantitative estimate of drug-likeness (QED) is 0.0702. The van der Waals surface area contributed by atoms with Crippen LogP contribution in [0, 0.1) is 0 Å². The summed E-state index contributed by atoms with van der Waals surface area (Å²) in [5.74, 6) is 0.516. The Morgan fingerprint density at radius 1 is 0.897 bits per heavy atom. The Morgan fingerprint density at radius 2 is 1.33 bits per heavy atom. The lowest BCUT2D eigenvalue weighted by molar-refractivity contribution is 0.161. The fourth-order valence-corrected chi connectivity index (χ4v) is 4.99. The van der Waals surface area contributed by atoms with Crippen molar-refractivity contribution < 1.29 is 18.5 Å². The minimum absolute atomic E-state index is 0.188. The van der Waals surface area contributed by atoms with Crippen molar-refractivity contribution in [3.05, 3.63) is 130 Å². The third kappa shape index (κ3) is 7.20. The highest BCUT2D eigenvalue weighted by molar-refractivity contribution is 7.47. The van der Waals surface area contributed by atoms with Crippen molar-refractivity contribution in [3.8, 4) is 0 Å². The number of nitrogens with zero attached hydrogens (tertiary/aromatic N) is 6. The molecule has 0 aliphatic rings. The van der Waals surface area contributed by atoms with Crippen LogP contribution in [-0.2, 0) is 19.2 Å². The second kappa shape index (κ2) is 14.4. The summed E-state index contributed by atoms with van der Waals surface area (Å²) in [7, 11) is -3.69. The fourth-order valence-electron chi connectivity index (χ4n) is 4.27. The van der Waals surface area contributed by atoms with Gasteiger partial charge in [-0.2, -0.15) is 5.10 Å². The lowest BCUT2D eigenvalue weighted by atomic mass is 9.77. The highest BCUT2D eigenvalue weighted by Gasteiger charge is 2.39. The summed E-state index contributed by atoms with van der Waals surface area (Å²) in [5, 5.41) is 8.71. The average Bonchev–Trinajstić information content (AvgIpc) is 3.44. The van der Waals surface area contributed by atoms with E-state index in [0.717, 1.165) is 16.7 Å². The van der Waals surface area contributed by atoms with Gasteiger partial charge in [0.1, 0.15) is 11.9 Å². The molecule has 11 heteroatoms. The van der Waals surface area contributed by atoms with E-state index in [2.05, 4.69) is 60.5 Å². The highest BCUT2D eigenvalue weighted by atomic mass is 31.2. The van der Waals surface area contributed by atoms with Gasteiger partial charge in [-0.3, -0.25) is 9.05 Å². The van der Waals surface area contributed by atoms with E-state index in [1.807, 2.05) is 66.2 Å². The van der Waals surface area contributed by atoms with E-state index in [1.54, 1.807) is 20.2 Å². The lowest BCUT2D eigenvalue weighted by Crippen LogP contribution is -2.38. The van der Waals surface area contributed by atoms with Crippen molar-refractivity contribution in [1.29, 1.82) is 0 Å². The Labute approximate surface area is 228 Å². The molecule has 0 aliphatic carbocycles. The van der Waals surface area contributed by atoms with Gasteiger partial charge in [0.05, 0.1) is 19.3 Å². The van der Waals surface area contributed by atoms with E-state index in [1.165, 1.54) is 0 Å². The molecule has 10 nitrogen and oxygen atoms in total. The van der Waals surface area contributed by atoms with Crippen LogP contribution in [0.2, 0.25) is 0 Å². The van der Waals surface area contributed by atoms with Gasteiger partial charge in [-0.25, -0.2) is 14.2 Å². The Bertz CT molecular complexity index is 1270. The summed E-state index contributed by atoms with van der Waals surface area (Å²) >= 11 is 0. The number of aromatic nitrogens is 3. The molecule has 1 atom stereocenters. The van der Waals surface area contributed by atoms with E-state index < -0.39 is 19.4 Å². The predicted molar refractivity (Wildman–Crippen MR) is 150 cm³/mol. The Balaban J connectivity index is 0.000000403. The normalized spacial score (nSPS) is 12.1. The van der Waals surface area contributed by atoms with Crippen molar-refractivity contribution in [2.24, 2.45) is 5.11 Å². The molecule has 0 spiro atoms. The molecular weight excluding hydrogens is 515 g/mol. The Morgan fingerprint density at radius 3 is 1.69 bits per heavy atom. The molecule has 4 aromatic rings. The van der Waals surface area contributed by atoms with Gasteiger partial charge in [-0.15, -0.1) is 0 Å². The molecule has 0 saturated carbocycles. The molecule has 0 saturated heterocycles. The number of azide groups is 1. The number of benzene rings is 3. The fraction of sp³-hybridized carbons (Fsp3) is 0.286. The SMILES string of the molecule is CCC(N=[N+]=[N-])c1ncn(C(c2ccccc2)(c2ccccc2)c2ccccc2)n1.CCOP(=O)(O)OCC. The van der Waals surface area contributed by atoms with Crippen LogP contribution >= 0.6 is 7.82 Å². The molecule has 1 unspecified atom stereocenters. The minimum atomic E-state index is -3.69. The van der Waals surface area contributed by atoms with Gasteiger partial charge in [-0.1, -0.05) is 103 Å². The number of phosphoric acid groups is 1. The first-order chi connectivity index (χ1) is 18.9. The van der Waals surface area contributed by atoms with Crippen LogP contribution in [0.3, 0.4) is 0 Å². The molecule has 0 bridgehead atoms. The molecule has 4 rings (SSSR count). The van der Waals surface area contributed by atoms with Gasteiger partial charge in [-0.05, 0) is 42.5 Å². The third-order valence-corrected chi connectivity index (χ3v) is 7.06.